The molecular formula is C20H36N6O. The first kappa shape index (κ1) is 20.1. The standard InChI is InChI=1S/C20H36N6O/c1-6-20(7-2)16(12-17(20)27-5)23-19(22-15-10-8-9-11-15)21-13-18-25-24-14(3)26(18)4/h15-17H,6-13H2,1-5H3,(H2,21,22,23). The minimum absolute atomic E-state index is 0.189. The number of guanidine groups is 1. The van der Waals surface area contributed by atoms with Crippen molar-refractivity contribution in [2.45, 2.75) is 90.4 Å². The van der Waals surface area contributed by atoms with Gasteiger partial charge in [0.15, 0.2) is 11.8 Å². The highest BCUT2D eigenvalue weighted by Gasteiger charge is 2.53. The summed E-state index contributed by atoms with van der Waals surface area (Å²) in [6, 6.07) is 0.916. The molecule has 2 N–H and O–H groups in total. The monoisotopic (exact) mass is 376 g/mol. The molecule has 2 aliphatic carbocycles. The highest BCUT2D eigenvalue weighted by atomic mass is 16.5. The molecule has 0 aliphatic heterocycles. The Kier molecular flexibility index (Phi) is 6.40. The van der Waals surface area contributed by atoms with Gasteiger partial charge in [0.25, 0.3) is 0 Å². The van der Waals surface area contributed by atoms with Gasteiger partial charge in [-0.2, -0.15) is 0 Å². The molecular weight excluding hydrogens is 340 g/mol. The van der Waals surface area contributed by atoms with Gasteiger partial charge in [-0.15, -0.1) is 10.2 Å². The van der Waals surface area contributed by atoms with Crippen molar-refractivity contribution in [1.82, 2.24) is 25.4 Å². The maximum atomic E-state index is 5.76. The van der Waals surface area contributed by atoms with E-state index in [1.54, 1.807) is 0 Å². The lowest BCUT2D eigenvalue weighted by Gasteiger charge is -2.55. The van der Waals surface area contributed by atoms with E-state index >= 15 is 0 Å². The van der Waals surface area contributed by atoms with Crippen molar-refractivity contribution in [3.63, 3.8) is 0 Å². The smallest absolute Gasteiger partial charge is 0.192 e. The van der Waals surface area contributed by atoms with Gasteiger partial charge in [-0.25, -0.2) is 4.99 Å². The average Bonchev–Trinajstić information content (AvgIpc) is 3.28. The Balaban J connectivity index is 1.73. The number of nitrogens with one attached hydrogen (secondary N) is 2. The Morgan fingerprint density at radius 1 is 1.22 bits per heavy atom. The van der Waals surface area contributed by atoms with Gasteiger partial charge in [-0.05, 0) is 39.0 Å². The fraction of sp³-hybridized carbons (Fsp3) is 0.850. The third kappa shape index (κ3) is 3.98. The average molecular weight is 377 g/mol. The maximum absolute atomic E-state index is 5.76. The van der Waals surface area contributed by atoms with Crippen LogP contribution in [-0.2, 0) is 18.3 Å². The Morgan fingerprint density at radius 2 is 1.93 bits per heavy atom. The van der Waals surface area contributed by atoms with E-state index in [1.165, 1.54) is 25.7 Å². The molecule has 0 spiro atoms. The maximum Gasteiger partial charge on any atom is 0.192 e. The summed E-state index contributed by atoms with van der Waals surface area (Å²) in [5.74, 6) is 2.71. The Bertz CT molecular complexity index is 645. The number of hydrogen-bond donors (Lipinski definition) is 2. The molecule has 7 heteroatoms. The number of aryl methyl sites for hydroxylation is 1. The van der Waals surface area contributed by atoms with E-state index in [4.69, 9.17) is 9.73 Å². The molecule has 2 saturated carbocycles. The van der Waals surface area contributed by atoms with Gasteiger partial charge >= 0.3 is 0 Å². The molecule has 3 rings (SSSR count). The Hall–Kier alpha value is -1.63. The van der Waals surface area contributed by atoms with Crippen molar-refractivity contribution in [3.8, 4) is 0 Å². The molecule has 27 heavy (non-hydrogen) atoms. The van der Waals surface area contributed by atoms with E-state index in [-0.39, 0.29) is 5.41 Å². The minimum Gasteiger partial charge on any atom is -0.381 e. The summed E-state index contributed by atoms with van der Waals surface area (Å²) in [7, 11) is 3.83. The minimum atomic E-state index is 0.189. The van der Waals surface area contributed by atoms with Crippen LogP contribution < -0.4 is 10.6 Å². The number of hydrogen-bond acceptors (Lipinski definition) is 4. The molecule has 0 amide bonds. The van der Waals surface area contributed by atoms with Crippen molar-refractivity contribution >= 4 is 5.96 Å². The first-order chi connectivity index (χ1) is 13.0. The van der Waals surface area contributed by atoms with Crippen LogP contribution in [0.1, 0.15) is 70.4 Å². The quantitative estimate of drug-likeness (QED) is 0.565. The number of aromatic nitrogens is 3. The number of nitrogens with zero attached hydrogens (tertiary/aromatic N) is 4. The van der Waals surface area contributed by atoms with E-state index in [2.05, 4.69) is 34.7 Å². The van der Waals surface area contributed by atoms with Gasteiger partial charge in [0.05, 0.1) is 6.10 Å². The highest BCUT2D eigenvalue weighted by molar-refractivity contribution is 5.80. The third-order valence-electron chi connectivity index (χ3n) is 6.95. The summed E-state index contributed by atoms with van der Waals surface area (Å²) in [5.41, 5.74) is 0.189. The van der Waals surface area contributed by atoms with Crippen molar-refractivity contribution in [2.75, 3.05) is 7.11 Å². The lowest BCUT2D eigenvalue weighted by atomic mass is 9.58. The highest BCUT2D eigenvalue weighted by Crippen LogP contribution is 2.48. The number of methoxy groups -OCH3 is 1. The SMILES string of the molecule is CCC1(CC)C(NC(=NCc2nnc(C)n2C)NC2CCCC2)CC1OC. The molecule has 0 aromatic carbocycles. The van der Waals surface area contributed by atoms with Crippen LogP contribution >= 0.6 is 0 Å². The number of aliphatic imine (C=N–C) groups is 1. The van der Waals surface area contributed by atoms with Crippen LogP contribution in [0.4, 0.5) is 0 Å². The summed E-state index contributed by atoms with van der Waals surface area (Å²) in [5, 5.41) is 15.8. The second-order valence-corrected chi connectivity index (χ2v) is 8.11. The molecule has 2 atom stereocenters. The summed E-state index contributed by atoms with van der Waals surface area (Å²) in [4.78, 5) is 4.87. The molecule has 1 aromatic heterocycles. The van der Waals surface area contributed by atoms with Gasteiger partial charge in [0, 0.05) is 31.7 Å². The van der Waals surface area contributed by atoms with Crippen molar-refractivity contribution in [3.05, 3.63) is 11.6 Å². The molecule has 2 fully saturated rings. The summed E-state index contributed by atoms with van der Waals surface area (Å²) in [6.45, 7) is 7.04. The Morgan fingerprint density at radius 3 is 2.48 bits per heavy atom. The number of ether oxygens (including phenoxy) is 1. The zero-order chi connectivity index (χ0) is 19.4. The molecule has 2 unspecified atom stereocenters. The second-order valence-electron chi connectivity index (χ2n) is 8.11. The zero-order valence-corrected chi connectivity index (χ0v) is 17.6. The van der Waals surface area contributed by atoms with E-state index in [1.807, 2.05) is 25.6 Å². The van der Waals surface area contributed by atoms with Crippen LogP contribution in [-0.4, -0.2) is 46.0 Å². The first-order valence-corrected chi connectivity index (χ1v) is 10.5. The molecule has 0 saturated heterocycles. The zero-order valence-electron chi connectivity index (χ0n) is 17.6. The topological polar surface area (TPSA) is 76.4 Å². The lowest BCUT2D eigenvalue weighted by molar-refractivity contribution is -0.118. The first-order valence-electron chi connectivity index (χ1n) is 10.5. The largest absolute Gasteiger partial charge is 0.381 e. The predicted octanol–water partition coefficient (Wildman–Crippen LogP) is 2.70. The molecule has 1 heterocycles. The molecule has 0 bridgehead atoms. The van der Waals surface area contributed by atoms with Gasteiger partial charge in [-0.1, -0.05) is 26.7 Å². The predicted molar refractivity (Wildman–Crippen MR) is 108 cm³/mol. The molecule has 0 radical (unpaired) electrons. The van der Waals surface area contributed by atoms with Gasteiger partial charge in [-0.3, -0.25) is 0 Å². The van der Waals surface area contributed by atoms with E-state index in [0.29, 0.717) is 24.7 Å². The van der Waals surface area contributed by atoms with Crippen LogP contribution in [0, 0.1) is 12.3 Å². The van der Waals surface area contributed by atoms with E-state index in [9.17, 15) is 0 Å². The van der Waals surface area contributed by atoms with Crippen LogP contribution in [0.5, 0.6) is 0 Å². The van der Waals surface area contributed by atoms with Crippen LogP contribution in [0.2, 0.25) is 0 Å². The normalized spacial score (nSPS) is 25.4. The van der Waals surface area contributed by atoms with Crippen molar-refractivity contribution in [1.29, 1.82) is 0 Å². The van der Waals surface area contributed by atoms with Gasteiger partial charge in [0.2, 0.25) is 0 Å². The van der Waals surface area contributed by atoms with Crippen molar-refractivity contribution < 1.29 is 4.74 Å². The Labute approximate surface area is 163 Å². The summed E-state index contributed by atoms with van der Waals surface area (Å²) in [6.07, 6.45) is 8.64. The van der Waals surface area contributed by atoms with E-state index < -0.39 is 0 Å². The molecule has 1 aromatic rings. The van der Waals surface area contributed by atoms with Gasteiger partial charge < -0.3 is 19.9 Å². The fourth-order valence-corrected chi connectivity index (χ4v) is 4.78. The van der Waals surface area contributed by atoms with Gasteiger partial charge in [0.1, 0.15) is 12.4 Å². The molecule has 7 nitrogen and oxygen atoms in total. The number of rotatable bonds is 7. The lowest BCUT2D eigenvalue weighted by Crippen LogP contribution is -2.65. The summed E-state index contributed by atoms with van der Waals surface area (Å²) >= 11 is 0. The van der Waals surface area contributed by atoms with Crippen LogP contribution in [0.15, 0.2) is 4.99 Å². The van der Waals surface area contributed by atoms with E-state index in [0.717, 1.165) is 36.9 Å². The van der Waals surface area contributed by atoms with Crippen LogP contribution in [0.25, 0.3) is 0 Å². The second kappa shape index (κ2) is 8.59. The third-order valence-corrected chi connectivity index (χ3v) is 6.95. The molecule has 2 aliphatic rings. The molecule has 152 valence electrons. The van der Waals surface area contributed by atoms with Crippen LogP contribution in [0.3, 0.4) is 0 Å². The summed E-state index contributed by atoms with van der Waals surface area (Å²) < 4.78 is 7.76. The van der Waals surface area contributed by atoms with Crippen molar-refractivity contribution in [2.24, 2.45) is 17.5 Å². The fourth-order valence-electron chi connectivity index (χ4n) is 4.78.